The largest absolute Gasteiger partial charge is 0.481 e. The maximum atomic E-state index is 12.3. The van der Waals surface area contributed by atoms with Crippen LogP contribution in [0.3, 0.4) is 0 Å². The van der Waals surface area contributed by atoms with E-state index in [2.05, 4.69) is 29.2 Å². The maximum absolute atomic E-state index is 12.3. The molecule has 1 aliphatic heterocycles. The Morgan fingerprint density at radius 1 is 0.929 bits per heavy atom. The van der Waals surface area contributed by atoms with Crippen LogP contribution in [0.4, 0.5) is 0 Å². The van der Waals surface area contributed by atoms with E-state index in [1.54, 1.807) is 0 Å². The van der Waals surface area contributed by atoms with Gasteiger partial charge < -0.3 is 10.0 Å². The highest BCUT2D eigenvalue weighted by atomic mass is 35.5. The zero-order valence-corrected chi connectivity index (χ0v) is 17.0. The number of aliphatic carboxylic acids is 1. The molecular weight excluding hydrogens is 396 g/mol. The maximum Gasteiger partial charge on any atom is 0.313 e. The van der Waals surface area contributed by atoms with E-state index in [-0.39, 0.29) is 23.5 Å². The van der Waals surface area contributed by atoms with Crippen molar-refractivity contribution in [1.82, 2.24) is 9.80 Å². The van der Waals surface area contributed by atoms with Crippen LogP contribution in [-0.2, 0) is 9.59 Å². The van der Waals surface area contributed by atoms with E-state index in [0.717, 1.165) is 24.9 Å². The number of carboxylic acids is 1. The lowest BCUT2D eigenvalue weighted by atomic mass is 9.96. The molecule has 5 nitrogen and oxygen atoms in total. The van der Waals surface area contributed by atoms with Crippen LogP contribution in [0.5, 0.6) is 0 Å². The Bertz CT molecular complexity index is 793. The first-order valence-corrected chi connectivity index (χ1v) is 10.7. The Hall–Kier alpha value is -2.02. The van der Waals surface area contributed by atoms with Crippen molar-refractivity contribution < 1.29 is 14.7 Å². The monoisotopic (exact) mass is 418 g/mol. The first kappa shape index (κ1) is 20.7. The topological polar surface area (TPSA) is 60.9 Å². The number of amides is 1. The molecule has 1 amide bonds. The summed E-state index contributed by atoms with van der Waals surface area (Å²) >= 11 is 7.22. The molecule has 0 aliphatic carbocycles. The second-order valence-electron chi connectivity index (χ2n) is 6.67. The van der Waals surface area contributed by atoms with Crippen LogP contribution >= 0.6 is 23.4 Å². The molecule has 2 aromatic carbocycles. The van der Waals surface area contributed by atoms with Crippen molar-refractivity contribution in [1.29, 1.82) is 0 Å². The van der Waals surface area contributed by atoms with Crippen LogP contribution in [0.1, 0.15) is 17.2 Å². The Morgan fingerprint density at radius 3 is 2.14 bits per heavy atom. The van der Waals surface area contributed by atoms with Gasteiger partial charge in [-0.1, -0.05) is 54.1 Å². The first-order valence-electron chi connectivity index (χ1n) is 9.16. The van der Waals surface area contributed by atoms with Gasteiger partial charge in [-0.15, -0.1) is 11.8 Å². The molecule has 1 N–H and O–H groups in total. The number of halogens is 1. The highest BCUT2D eigenvalue weighted by Crippen LogP contribution is 2.30. The Kier molecular flexibility index (Phi) is 7.36. The van der Waals surface area contributed by atoms with E-state index in [4.69, 9.17) is 16.7 Å². The summed E-state index contributed by atoms with van der Waals surface area (Å²) in [6.07, 6.45) is 0. The molecule has 0 aromatic heterocycles. The van der Waals surface area contributed by atoms with E-state index in [0.29, 0.717) is 18.1 Å². The van der Waals surface area contributed by atoms with Crippen LogP contribution < -0.4 is 0 Å². The molecule has 1 aliphatic rings. The van der Waals surface area contributed by atoms with Gasteiger partial charge >= 0.3 is 5.97 Å². The predicted molar refractivity (Wildman–Crippen MR) is 113 cm³/mol. The molecule has 0 spiro atoms. The number of benzene rings is 2. The number of hydrogen-bond donors (Lipinski definition) is 1. The van der Waals surface area contributed by atoms with Gasteiger partial charge in [0, 0.05) is 31.2 Å². The molecule has 28 heavy (non-hydrogen) atoms. The normalized spacial score (nSPS) is 16.0. The Balaban J connectivity index is 1.67. The van der Waals surface area contributed by atoms with E-state index in [1.165, 1.54) is 11.1 Å². The third-order valence-electron chi connectivity index (χ3n) is 4.78. The Morgan fingerprint density at radius 2 is 1.54 bits per heavy atom. The predicted octanol–water partition coefficient (Wildman–Crippen LogP) is 3.39. The summed E-state index contributed by atoms with van der Waals surface area (Å²) in [7, 11) is 0. The van der Waals surface area contributed by atoms with E-state index >= 15 is 0 Å². The van der Waals surface area contributed by atoms with Gasteiger partial charge in [-0.3, -0.25) is 14.5 Å². The average Bonchev–Trinajstić information content (AvgIpc) is 2.71. The zero-order chi connectivity index (χ0) is 19.9. The second kappa shape index (κ2) is 9.96. The van der Waals surface area contributed by atoms with Gasteiger partial charge in [0.15, 0.2) is 0 Å². The molecule has 2 aromatic rings. The third kappa shape index (κ3) is 5.50. The van der Waals surface area contributed by atoms with Gasteiger partial charge in [-0.2, -0.15) is 0 Å². The molecule has 148 valence electrons. The molecule has 0 bridgehead atoms. The van der Waals surface area contributed by atoms with Crippen LogP contribution in [0.15, 0.2) is 54.6 Å². The summed E-state index contributed by atoms with van der Waals surface area (Å²) in [4.78, 5) is 27.1. The van der Waals surface area contributed by atoms with Crippen molar-refractivity contribution in [2.24, 2.45) is 0 Å². The molecule has 1 atom stereocenters. The summed E-state index contributed by atoms with van der Waals surface area (Å²) in [6, 6.07) is 18.4. The number of hydrogen-bond acceptors (Lipinski definition) is 4. The van der Waals surface area contributed by atoms with Gasteiger partial charge in [-0.05, 0) is 23.3 Å². The molecule has 0 radical (unpaired) electrons. The van der Waals surface area contributed by atoms with E-state index in [9.17, 15) is 9.59 Å². The van der Waals surface area contributed by atoms with Crippen molar-refractivity contribution >= 4 is 35.2 Å². The van der Waals surface area contributed by atoms with Crippen LogP contribution in [0.2, 0.25) is 5.02 Å². The van der Waals surface area contributed by atoms with Gasteiger partial charge in [0.2, 0.25) is 5.91 Å². The van der Waals surface area contributed by atoms with Crippen molar-refractivity contribution in [2.75, 3.05) is 37.7 Å². The Labute approximate surface area is 174 Å². The summed E-state index contributed by atoms with van der Waals surface area (Å²) in [6.45, 7) is 2.81. The quantitative estimate of drug-likeness (QED) is 0.746. The fraction of sp³-hybridized carbons (Fsp3) is 0.333. The number of carbonyl (C=O) groups excluding carboxylic acids is 1. The standard InChI is InChI=1S/C21H23ClN2O3S/c22-18-8-6-17(7-9-18)21(16-4-2-1-3-5-16)24-12-10-23(11-13-24)19(25)14-28-15-20(26)27/h1-9,21H,10-15H2,(H,26,27). The van der Waals surface area contributed by atoms with Gasteiger partial charge in [-0.25, -0.2) is 0 Å². The summed E-state index contributed by atoms with van der Waals surface area (Å²) in [5.74, 6) is -0.714. The highest BCUT2D eigenvalue weighted by molar-refractivity contribution is 8.00. The summed E-state index contributed by atoms with van der Waals surface area (Å²) in [5.41, 5.74) is 2.38. The molecule has 7 heteroatoms. The number of piperazine rings is 1. The SMILES string of the molecule is O=C(O)CSCC(=O)N1CCN(C(c2ccccc2)c2ccc(Cl)cc2)CC1. The first-order chi connectivity index (χ1) is 13.5. The fourth-order valence-electron chi connectivity index (χ4n) is 3.44. The lowest BCUT2D eigenvalue weighted by molar-refractivity contribution is -0.133. The molecule has 1 unspecified atom stereocenters. The minimum atomic E-state index is -0.892. The average molecular weight is 419 g/mol. The molecular formula is C21H23ClN2O3S. The summed E-state index contributed by atoms with van der Waals surface area (Å²) in [5, 5.41) is 9.42. The minimum Gasteiger partial charge on any atom is -0.481 e. The molecule has 3 rings (SSSR count). The lowest BCUT2D eigenvalue weighted by Crippen LogP contribution is -2.50. The summed E-state index contributed by atoms with van der Waals surface area (Å²) < 4.78 is 0. The smallest absolute Gasteiger partial charge is 0.313 e. The number of rotatable bonds is 7. The lowest BCUT2D eigenvalue weighted by Gasteiger charge is -2.39. The number of thioether (sulfide) groups is 1. The number of carbonyl (C=O) groups is 2. The highest BCUT2D eigenvalue weighted by Gasteiger charge is 2.28. The zero-order valence-electron chi connectivity index (χ0n) is 15.5. The third-order valence-corrected chi connectivity index (χ3v) is 5.94. The number of nitrogens with zero attached hydrogens (tertiary/aromatic N) is 2. The molecule has 1 saturated heterocycles. The van der Waals surface area contributed by atoms with E-state index in [1.807, 2.05) is 35.2 Å². The van der Waals surface area contributed by atoms with Crippen LogP contribution in [0, 0.1) is 0 Å². The van der Waals surface area contributed by atoms with Crippen molar-refractivity contribution in [2.45, 2.75) is 6.04 Å². The minimum absolute atomic E-state index is 0.00801. The fourth-order valence-corrected chi connectivity index (χ4v) is 4.20. The van der Waals surface area contributed by atoms with Gasteiger partial charge in [0.05, 0.1) is 17.5 Å². The van der Waals surface area contributed by atoms with Crippen LogP contribution in [0.25, 0.3) is 0 Å². The van der Waals surface area contributed by atoms with Crippen molar-refractivity contribution in [3.05, 3.63) is 70.7 Å². The second-order valence-corrected chi connectivity index (χ2v) is 8.09. The van der Waals surface area contributed by atoms with E-state index < -0.39 is 5.97 Å². The van der Waals surface area contributed by atoms with Gasteiger partial charge in [0.1, 0.15) is 0 Å². The van der Waals surface area contributed by atoms with Gasteiger partial charge in [0.25, 0.3) is 0 Å². The molecule has 0 saturated carbocycles. The van der Waals surface area contributed by atoms with Crippen molar-refractivity contribution in [3.8, 4) is 0 Å². The molecule has 1 fully saturated rings. The molecule has 1 heterocycles. The van der Waals surface area contributed by atoms with Crippen molar-refractivity contribution in [3.63, 3.8) is 0 Å². The van der Waals surface area contributed by atoms with Crippen LogP contribution in [-0.4, -0.2) is 64.5 Å². The number of carboxylic acid groups (broad SMARTS) is 1.